The predicted molar refractivity (Wildman–Crippen MR) is 171 cm³/mol. The number of nitrogens with zero attached hydrogens (tertiary/aromatic N) is 2. The molecule has 0 aliphatic carbocycles. The lowest BCUT2D eigenvalue weighted by Gasteiger charge is -2.39. The second-order valence-electron chi connectivity index (χ2n) is 12.5. The topological polar surface area (TPSA) is 125 Å². The van der Waals surface area contributed by atoms with Crippen LogP contribution in [-0.2, 0) is 28.7 Å². The first kappa shape index (κ1) is 32.0. The number of rotatable bonds is 5. The number of ether oxygens (including phenoxy) is 2. The fourth-order valence-electron chi connectivity index (χ4n) is 7.21. The lowest BCUT2D eigenvalue weighted by atomic mass is 9.77. The van der Waals surface area contributed by atoms with Gasteiger partial charge in [0.1, 0.15) is 18.2 Å². The highest BCUT2D eigenvalue weighted by Crippen LogP contribution is 2.54. The summed E-state index contributed by atoms with van der Waals surface area (Å²) in [5.74, 6) is -3.94. The normalized spacial score (nSPS) is 31.2. The van der Waals surface area contributed by atoms with Gasteiger partial charge in [-0.1, -0.05) is 80.1 Å². The van der Waals surface area contributed by atoms with Crippen LogP contribution in [0.5, 0.6) is 0 Å². The number of halogens is 1. The van der Waals surface area contributed by atoms with Crippen molar-refractivity contribution in [3.8, 4) is 0 Å². The van der Waals surface area contributed by atoms with E-state index in [0.29, 0.717) is 17.1 Å². The van der Waals surface area contributed by atoms with Crippen LogP contribution in [0.2, 0.25) is 5.02 Å². The highest BCUT2D eigenvalue weighted by Gasteiger charge is 2.72. The number of hydrogen-bond donors (Lipinski definition) is 2. The van der Waals surface area contributed by atoms with E-state index in [1.165, 1.54) is 4.90 Å². The quantitative estimate of drug-likeness (QED) is 0.375. The monoisotopic (exact) mass is 647 g/mol. The van der Waals surface area contributed by atoms with Crippen molar-refractivity contribution in [1.82, 2.24) is 10.2 Å². The van der Waals surface area contributed by atoms with E-state index in [9.17, 15) is 24.3 Å². The van der Waals surface area contributed by atoms with E-state index < -0.39 is 59.5 Å². The van der Waals surface area contributed by atoms with Crippen molar-refractivity contribution in [2.75, 3.05) is 24.7 Å². The maximum atomic E-state index is 14.7. The van der Waals surface area contributed by atoms with Crippen LogP contribution in [0.15, 0.2) is 78.9 Å². The molecule has 11 heteroatoms. The van der Waals surface area contributed by atoms with Gasteiger partial charge in [0.25, 0.3) is 5.91 Å². The van der Waals surface area contributed by atoms with Crippen LogP contribution < -0.4 is 10.2 Å². The van der Waals surface area contributed by atoms with Crippen LogP contribution in [0.25, 0.3) is 0 Å². The largest absolute Gasteiger partial charge is 0.463 e. The van der Waals surface area contributed by atoms with E-state index in [1.807, 2.05) is 44.2 Å². The number of benzene rings is 2. The maximum Gasteiger partial charge on any atom is 0.306 e. The van der Waals surface area contributed by atoms with Gasteiger partial charge in [-0.25, -0.2) is 0 Å². The summed E-state index contributed by atoms with van der Waals surface area (Å²) in [5, 5.41) is 14.1. The molecule has 0 unspecified atom stereocenters. The molecular formula is C35H38ClN3O7. The zero-order chi connectivity index (χ0) is 32.6. The van der Waals surface area contributed by atoms with E-state index >= 15 is 0 Å². The summed E-state index contributed by atoms with van der Waals surface area (Å²) in [6, 6.07) is 13.5. The van der Waals surface area contributed by atoms with Crippen LogP contribution >= 0.6 is 11.6 Å². The molecule has 2 N–H and O–H groups in total. The van der Waals surface area contributed by atoms with Gasteiger partial charge < -0.3 is 29.7 Å². The van der Waals surface area contributed by atoms with Crippen molar-refractivity contribution in [2.24, 2.45) is 17.8 Å². The first-order chi connectivity index (χ1) is 22.2. The van der Waals surface area contributed by atoms with Crippen molar-refractivity contribution in [3.05, 3.63) is 89.5 Å². The summed E-state index contributed by atoms with van der Waals surface area (Å²) < 4.78 is 12.3. The molecule has 2 saturated heterocycles. The zero-order valence-electron chi connectivity index (χ0n) is 25.8. The van der Waals surface area contributed by atoms with Crippen molar-refractivity contribution < 1.29 is 33.8 Å². The van der Waals surface area contributed by atoms with Crippen LogP contribution in [0, 0.1) is 17.8 Å². The number of cyclic esters (lactones) is 1. The Bertz CT molecular complexity index is 1540. The minimum absolute atomic E-state index is 0.0799. The number of carbonyl (C=O) groups excluding carboxylic acids is 4. The molecule has 2 aromatic rings. The van der Waals surface area contributed by atoms with Crippen molar-refractivity contribution in [3.63, 3.8) is 0 Å². The second kappa shape index (κ2) is 13.0. The lowest BCUT2D eigenvalue weighted by molar-refractivity contribution is -0.147. The minimum Gasteiger partial charge on any atom is -0.463 e. The van der Waals surface area contributed by atoms with E-state index in [2.05, 4.69) is 5.32 Å². The predicted octanol–water partition coefficient (Wildman–Crippen LogP) is 3.59. The molecule has 4 heterocycles. The molecule has 10 nitrogen and oxygen atoms in total. The molecule has 46 heavy (non-hydrogen) atoms. The third-order valence-electron chi connectivity index (χ3n) is 9.46. The molecule has 3 amide bonds. The van der Waals surface area contributed by atoms with Gasteiger partial charge in [0.2, 0.25) is 11.8 Å². The van der Waals surface area contributed by atoms with Crippen molar-refractivity contribution >= 4 is 41.0 Å². The highest BCUT2D eigenvalue weighted by molar-refractivity contribution is 6.30. The average molecular weight is 648 g/mol. The summed E-state index contributed by atoms with van der Waals surface area (Å²) in [6.07, 6.45) is 6.65. The number of nitrogens with one attached hydrogen (secondary N) is 1. The Kier molecular flexibility index (Phi) is 9.05. The van der Waals surface area contributed by atoms with E-state index in [-0.39, 0.29) is 38.0 Å². The van der Waals surface area contributed by atoms with Gasteiger partial charge in [0.15, 0.2) is 0 Å². The fourth-order valence-corrected chi connectivity index (χ4v) is 7.33. The van der Waals surface area contributed by atoms with Crippen LogP contribution in [0.1, 0.15) is 38.3 Å². The molecular weight excluding hydrogens is 610 g/mol. The Morgan fingerprint density at radius 2 is 1.76 bits per heavy atom. The van der Waals surface area contributed by atoms with Crippen LogP contribution in [0.4, 0.5) is 5.69 Å². The van der Waals surface area contributed by atoms with Crippen LogP contribution in [0.3, 0.4) is 0 Å². The molecule has 0 saturated carbocycles. The molecule has 2 aromatic carbocycles. The standard InChI is InChI=1S/C35H38ClN3O7/c1-21(2)26(19-40)39-31-34(44)38(24-15-13-23(36)14-16-24)18-8-17-35(31)30(33(39)43)29-27(46-35)11-6-7-12-28(41)45-20-25(37-32(29)42)22-9-4-3-5-10-22/h3-6,8-11,13-17,21,25-27,29-31,40H,7,12,18-20H2,1-2H3,(H,37,42)/b11-6-/t25-,26-,27+,29-,30-,31+,35-/m0/s1. The summed E-state index contributed by atoms with van der Waals surface area (Å²) in [5.41, 5.74) is -0.167. The Balaban J connectivity index is 1.46. The van der Waals surface area contributed by atoms with Crippen LogP contribution in [-0.4, -0.2) is 77.2 Å². The second-order valence-corrected chi connectivity index (χ2v) is 13.0. The van der Waals surface area contributed by atoms with Gasteiger partial charge in [-0.3, -0.25) is 19.2 Å². The number of aliphatic hydroxyl groups is 1. The zero-order valence-corrected chi connectivity index (χ0v) is 26.5. The number of esters is 1. The number of carbonyl (C=O) groups is 4. The van der Waals surface area contributed by atoms with Crippen molar-refractivity contribution in [2.45, 2.75) is 56.5 Å². The number of likely N-dealkylation sites (tertiary alicyclic amines) is 1. The number of aliphatic hydroxyl groups excluding tert-OH is 1. The lowest BCUT2D eigenvalue weighted by Crippen LogP contribution is -2.59. The van der Waals surface area contributed by atoms with E-state index in [1.54, 1.807) is 53.5 Å². The highest BCUT2D eigenvalue weighted by atomic mass is 35.5. The molecule has 0 radical (unpaired) electrons. The Morgan fingerprint density at radius 3 is 2.46 bits per heavy atom. The molecule has 6 rings (SSSR count). The first-order valence-corrected chi connectivity index (χ1v) is 16.1. The molecule has 1 spiro atoms. The fraction of sp³-hybridized carbons (Fsp3) is 0.429. The third kappa shape index (κ3) is 5.63. The molecule has 4 aliphatic heterocycles. The third-order valence-corrected chi connectivity index (χ3v) is 9.71. The number of allylic oxidation sites excluding steroid dienone is 1. The maximum absolute atomic E-state index is 14.7. The first-order valence-electron chi connectivity index (χ1n) is 15.7. The number of hydrogen-bond acceptors (Lipinski definition) is 7. The summed E-state index contributed by atoms with van der Waals surface area (Å²) >= 11 is 6.14. The van der Waals surface area contributed by atoms with Gasteiger partial charge in [-0.15, -0.1) is 0 Å². The van der Waals surface area contributed by atoms with Gasteiger partial charge in [-0.05, 0) is 42.2 Å². The molecule has 7 atom stereocenters. The summed E-state index contributed by atoms with van der Waals surface area (Å²) in [7, 11) is 0. The minimum atomic E-state index is -1.50. The molecule has 4 aliphatic rings. The van der Waals surface area contributed by atoms with Gasteiger partial charge in [-0.2, -0.15) is 0 Å². The SMILES string of the molecule is CC(C)[C@H](CO)N1C(=O)[C@@H]2[C@H]3C(=O)N[C@H](c4ccccc4)COC(=O)CC/C=C\[C@H]3O[C@@]23C=CCN(c2ccc(Cl)cc2)C(=O)[C@@H]13. The molecule has 0 bridgehead atoms. The number of fused-ring (bicyclic) bond motifs is 2. The molecule has 0 aromatic heterocycles. The Morgan fingerprint density at radius 1 is 1.02 bits per heavy atom. The van der Waals surface area contributed by atoms with Gasteiger partial charge in [0.05, 0.1) is 36.6 Å². The van der Waals surface area contributed by atoms with E-state index in [0.717, 1.165) is 5.56 Å². The summed E-state index contributed by atoms with van der Waals surface area (Å²) in [6.45, 7) is 3.51. The Labute approximate surface area is 273 Å². The summed E-state index contributed by atoms with van der Waals surface area (Å²) in [4.78, 5) is 59.3. The van der Waals surface area contributed by atoms with Crippen molar-refractivity contribution in [1.29, 1.82) is 0 Å². The van der Waals surface area contributed by atoms with Gasteiger partial charge >= 0.3 is 5.97 Å². The van der Waals surface area contributed by atoms with E-state index in [4.69, 9.17) is 21.1 Å². The number of amides is 3. The molecule has 242 valence electrons. The molecule has 2 fully saturated rings. The smallest absolute Gasteiger partial charge is 0.306 e. The average Bonchev–Trinajstić information content (AvgIpc) is 3.43. The Hall–Kier alpha value is -3.99. The van der Waals surface area contributed by atoms with Gasteiger partial charge in [0, 0.05) is 23.7 Å². The number of anilines is 1.